The molecule has 2 aliphatic rings. The molecule has 0 N–H and O–H groups in total. The number of thiophene rings is 1. The number of carbonyl (C=O) groups is 1. The molecule has 6 nitrogen and oxygen atoms in total. The normalized spacial score (nSPS) is 19.1. The zero-order valence-corrected chi connectivity index (χ0v) is 16.7. The maximum absolute atomic E-state index is 13.1. The molecule has 2 aromatic rings. The first-order chi connectivity index (χ1) is 13.1. The van der Waals surface area contributed by atoms with Gasteiger partial charge in [-0.05, 0) is 54.8 Å². The van der Waals surface area contributed by atoms with Crippen molar-refractivity contribution in [3.63, 3.8) is 0 Å². The highest BCUT2D eigenvalue weighted by molar-refractivity contribution is 7.91. The number of nitrogens with zero attached hydrogens (tertiary/aromatic N) is 3. The molecule has 0 aromatic carbocycles. The molecule has 0 bridgehead atoms. The number of hydrogen-bond donors (Lipinski definition) is 0. The van der Waals surface area contributed by atoms with E-state index in [-0.39, 0.29) is 11.8 Å². The first kappa shape index (κ1) is 18.6. The number of amides is 1. The van der Waals surface area contributed by atoms with E-state index in [0.29, 0.717) is 42.7 Å². The van der Waals surface area contributed by atoms with Gasteiger partial charge in [0.05, 0.1) is 0 Å². The average molecular weight is 406 g/mol. The van der Waals surface area contributed by atoms with Gasteiger partial charge in [-0.3, -0.25) is 9.78 Å². The van der Waals surface area contributed by atoms with E-state index < -0.39 is 10.0 Å². The summed E-state index contributed by atoms with van der Waals surface area (Å²) in [4.78, 5) is 19.1. The molecule has 2 fully saturated rings. The highest BCUT2D eigenvalue weighted by Gasteiger charge is 2.38. The lowest BCUT2D eigenvalue weighted by atomic mass is 9.96. The Bertz CT molecular complexity index is 872. The molecule has 8 heteroatoms. The van der Waals surface area contributed by atoms with Crippen LogP contribution < -0.4 is 0 Å². The van der Waals surface area contributed by atoms with Gasteiger partial charge >= 0.3 is 0 Å². The third-order valence-corrected chi connectivity index (χ3v) is 8.54. The Labute approximate surface area is 163 Å². The van der Waals surface area contributed by atoms with E-state index in [9.17, 15) is 13.2 Å². The zero-order chi connectivity index (χ0) is 18.9. The Morgan fingerprint density at radius 1 is 1.15 bits per heavy atom. The number of carbonyl (C=O) groups excluding carboxylic acids is 1. The van der Waals surface area contributed by atoms with Crippen molar-refractivity contribution in [2.24, 2.45) is 5.92 Å². The number of pyridine rings is 1. The van der Waals surface area contributed by atoms with Crippen LogP contribution in [0.1, 0.15) is 31.2 Å². The fourth-order valence-electron chi connectivity index (χ4n) is 3.57. The number of rotatable bonds is 6. The van der Waals surface area contributed by atoms with Crippen LogP contribution in [0.4, 0.5) is 0 Å². The number of sulfonamides is 1. The molecule has 0 radical (unpaired) electrons. The minimum absolute atomic E-state index is 0.0952. The van der Waals surface area contributed by atoms with Crippen molar-refractivity contribution < 1.29 is 13.2 Å². The Kier molecular flexibility index (Phi) is 5.29. The van der Waals surface area contributed by atoms with Crippen LogP contribution in [0, 0.1) is 5.92 Å². The number of piperidine rings is 1. The Morgan fingerprint density at radius 2 is 1.85 bits per heavy atom. The van der Waals surface area contributed by atoms with Gasteiger partial charge in [0.2, 0.25) is 5.91 Å². The van der Waals surface area contributed by atoms with Gasteiger partial charge in [0.1, 0.15) is 4.21 Å². The molecule has 1 saturated carbocycles. The summed E-state index contributed by atoms with van der Waals surface area (Å²) in [5.74, 6) is 0.0738. The highest BCUT2D eigenvalue weighted by Crippen LogP contribution is 2.33. The van der Waals surface area contributed by atoms with Crippen LogP contribution in [0.3, 0.4) is 0 Å². The molecular formula is C19H23N3O3S2. The van der Waals surface area contributed by atoms with Crippen LogP contribution in [0.2, 0.25) is 0 Å². The molecule has 1 aliphatic heterocycles. The van der Waals surface area contributed by atoms with Gasteiger partial charge in [-0.1, -0.05) is 6.07 Å². The summed E-state index contributed by atoms with van der Waals surface area (Å²) in [6, 6.07) is 7.61. The van der Waals surface area contributed by atoms with Crippen LogP contribution in [-0.2, 0) is 21.4 Å². The molecule has 1 aliphatic carbocycles. The summed E-state index contributed by atoms with van der Waals surface area (Å²) in [5.41, 5.74) is 1.09. The third-order valence-electron chi connectivity index (χ3n) is 5.27. The molecule has 0 spiro atoms. The summed E-state index contributed by atoms with van der Waals surface area (Å²) in [7, 11) is -3.42. The van der Waals surface area contributed by atoms with Crippen LogP contribution in [-0.4, -0.2) is 47.6 Å². The molecule has 1 saturated heterocycles. The molecule has 1 amide bonds. The fraction of sp³-hybridized carbons (Fsp3) is 0.474. The van der Waals surface area contributed by atoms with Crippen LogP contribution >= 0.6 is 11.3 Å². The summed E-state index contributed by atoms with van der Waals surface area (Å²) >= 11 is 1.24. The number of aromatic nitrogens is 1. The van der Waals surface area contributed by atoms with E-state index in [2.05, 4.69) is 4.98 Å². The van der Waals surface area contributed by atoms with Gasteiger partial charge in [-0.25, -0.2) is 8.42 Å². The minimum Gasteiger partial charge on any atom is -0.335 e. The zero-order valence-electron chi connectivity index (χ0n) is 15.0. The van der Waals surface area contributed by atoms with Gasteiger partial charge in [-0.15, -0.1) is 11.3 Å². The van der Waals surface area contributed by atoms with Crippen LogP contribution in [0.5, 0.6) is 0 Å². The van der Waals surface area contributed by atoms with Crippen molar-refractivity contribution in [3.8, 4) is 0 Å². The molecule has 2 aromatic heterocycles. The topological polar surface area (TPSA) is 70.6 Å². The number of hydrogen-bond acceptors (Lipinski definition) is 5. The van der Waals surface area contributed by atoms with Crippen molar-refractivity contribution in [1.82, 2.24) is 14.2 Å². The molecule has 3 heterocycles. The van der Waals surface area contributed by atoms with Crippen molar-refractivity contribution >= 4 is 27.3 Å². The van der Waals surface area contributed by atoms with E-state index >= 15 is 0 Å². The lowest BCUT2D eigenvalue weighted by Gasteiger charge is -2.33. The summed E-state index contributed by atoms with van der Waals surface area (Å²) in [6.07, 6.45) is 6.79. The van der Waals surface area contributed by atoms with Crippen LogP contribution in [0.25, 0.3) is 0 Å². The molecule has 144 valence electrons. The summed E-state index contributed by atoms with van der Waals surface area (Å²) in [5, 5.41) is 1.77. The monoisotopic (exact) mass is 405 g/mol. The van der Waals surface area contributed by atoms with Gasteiger partial charge < -0.3 is 4.90 Å². The lowest BCUT2D eigenvalue weighted by Crippen LogP contribution is -2.44. The molecule has 27 heavy (non-hydrogen) atoms. The maximum atomic E-state index is 13.1. The molecule has 0 atom stereocenters. The Morgan fingerprint density at radius 3 is 2.44 bits per heavy atom. The smallest absolute Gasteiger partial charge is 0.252 e. The van der Waals surface area contributed by atoms with Gasteiger partial charge in [0, 0.05) is 44.0 Å². The second-order valence-corrected chi connectivity index (χ2v) is 10.3. The van der Waals surface area contributed by atoms with Gasteiger partial charge in [0.25, 0.3) is 10.0 Å². The van der Waals surface area contributed by atoms with Crippen molar-refractivity contribution in [2.75, 3.05) is 13.1 Å². The summed E-state index contributed by atoms with van der Waals surface area (Å²) in [6.45, 7) is 1.43. The van der Waals surface area contributed by atoms with E-state index in [4.69, 9.17) is 0 Å². The first-order valence-corrected chi connectivity index (χ1v) is 11.6. The molecular weight excluding hydrogens is 382 g/mol. The van der Waals surface area contributed by atoms with E-state index in [1.54, 1.807) is 29.9 Å². The van der Waals surface area contributed by atoms with E-state index in [1.165, 1.54) is 15.6 Å². The fourth-order valence-corrected chi connectivity index (χ4v) is 6.19. The SMILES string of the molecule is O=C(C1CCN(S(=O)(=O)c2cccs2)CC1)N(Cc1ccncc1)C1CC1. The minimum atomic E-state index is -3.42. The Hall–Kier alpha value is -1.77. The maximum Gasteiger partial charge on any atom is 0.252 e. The van der Waals surface area contributed by atoms with Crippen molar-refractivity contribution in [2.45, 2.75) is 42.5 Å². The van der Waals surface area contributed by atoms with E-state index in [0.717, 1.165) is 18.4 Å². The highest BCUT2D eigenvalue weighted by atomic mass is 32.2. The second-order valence-electron chi connectivity index (χ2n) is 7.16. The second kappa shape index (κ2) is 7.69. The van der Waals surface area contributed by atoms with Crippen LogP contribution in [0.15, 0.2) is 46.2 Å². The predicted octanol–water partition coefficient (Wildman–Crippen LogP) is 2.74. The molecule has 4 rings (SSSR count). The van der Waals surface area contributed by atoms with Gasteiger partial charge in [0.15, 0.2) is 0 Å². The lowest BCUT2D eigenvalue weighted by molar-refractivity contribution is -0.138. The van der Waals surface area contributed by atoms with Gasteiger partial charge in [-0.2, -0.15) is 4.31 Å². The molecule has 0 unspecified atom stereocenters. The average Bonchev–Trinajstić information content (AvgIpc) is 3.38. The third kappa shape index (κ3) is 4.07. The van der Waals surface area contributed by atoms with Crippen molar-refractivity contribution in [3.05, 3.63) is 47.6 Å². The first-order valence-electron chi connectivity index (χ1n) is 9.29. The largest absolute Gasteiger partial charge is 0.335 e. The van der Waals surface area contributed by atoms with Crippen molar-refractivity contribution in [1.29, 1.82) is 0 Å². The van der Waals surface area contributed by atoms with E-state index in [1.807, 2.05) is 17.0 Å². The standard InChI is InChI=1S/C19H23N3O3S2/c23-19(22(17-3-4-17)14-15-5-9-20-10-6-15)16-7-11-21(12-8-16)27(24,25)18-2-1-13-26-18/h1-2,5-6,9-10,13,16-17H,3-4,7-8,11-12,14H2. The Balaban J connectivity index is 1.40. The predicted molar refractivity (Wildman–Crippen MR) is 104 cm³/mol. The summed E-state index contributed by atoms with van der Waals surface area (Å²) < 4.78 is 27.2. The quantitative estimate of drug-likeness (QED) is 0.741.